The monoisotopic (exact) mass is 438 g/mol. The highest BCUT2D eigenvalue weighted by atomic mass is 32.2. The normalized spacial score (nSPS) is 22.4. The van der Waals surface area contributed by atoms with Gasteiger partial charge in [-0.1, -0.05) is 61.2 Å². The zero-order chi connectivity index (χ0) is 21.8. The molecule has 0 spiro atoms. The van der Waals surface area contributed by atoms with Gasteiger partial charge in [0.25, 0.3) is 0 Å². The summed E-state index contributed by atoms with van der Waals surface area (Å²) in [6.45, 7) is 7.78. The Kier molecular flexibility index (Phi) is 4.61. The van der Waals surface area contributed by atoms with Gasteiger partial charge in [-0.25, -0.2) is 0 Å². The molecule has 2 aromatic heterocycles. The highest BCUT2D eigenvalue weighted by molar-refractivity contribution is 8.14. The minimum atomic E-state index is 0.0210. The molecule has 2 aromatic carbocycles. The molecule has 32 heavy (non-hydrogen) atoms. The Balaban J connectivity index is 1.51. The predicted molar refractivity (Wildman–Crippen MR) is 134 cm³/mol. The Morgan fingerprint density at radius 1 is 0.969 bits per heavy atom. The average molecular weight is 439 g/mol. The van der Waals surface area contributed by atoms with Gasteiger partial charge in [-0.3, -0.25) is 9.98 Å². The Labute approximate surface area is 193 Å². The van der Waals surface area contributed by atoms with E-state index < -0.39 is 0 Å². The summed E-state index contributed by atoms with van der Waals surface area (Å²) in [4.78, 5) is 12.4. The van der Waals surface area contributed by atoms with Crippen molar-refractivity contribution in [1.29, 1.82) is 0 Å². The van der Waals surface area contributed by atoms with Crippen molar-refractivity contribution in [3.8, 4) is 5.69 Å². The lowest BCUT2D eigenvalue weighted by molar-refractivity contribution is 0.320. The molecule has 0 amide bonds. The van der Waals surface area contributed by atoms with Crippen LogP contribution in [0.3, 0.4) is 0 Å². The van der Waals surface area contributed by atoms with Gasteiger partial charge in [0, 0.05) is 34.8 Å². The van der Waals surface area contributed by atoms with E-state index in [0.29, 0.717) is 5.25 Å². The Morgan fingerprint density at radius 3 is 2.62 bits per heavy atom. The maximum absolute atomic E-state index is 5.17. The van der Waals surface area contributed by atoms with Crippen molar-refractivity contribution in [1.82, 2.24) is 14.5 Å². The number of hydrogen-bond acceptors (Lipinski definition) is 4. The van der Waals surface area contributed by atoms with Crippen LogP contribution in [-0.2, 0) is 0 Å². The standard InChI is InChI=1S/C27H26N4S/c1-17-15-22(19(3)31(17)24-13-8-10-20-9-4-5-11-21(20)24)26-25(23-12-6-7-14-28-23)29-27-30(26)16-18(2)32-27/h4-15,18,25-26H,16H2,1-3H3/t18-,25+,26-/m1/s1. The lowest BCUT2D eigenvalue weighted by Crippen LogP contribution is -2.28. The van der Waals surface area contributed by atoms with E-state index in [9.17, 15) is 0 Å². The fraction of sp³-hybridized carbons (Fsp3) is 0.259. The van der Waals surface area contributed by atoms with Crippen LogP contribution >= 0.6 is 11.8 Å². The molecule has 160 valence electrons. The van der Waals surface area contributed by atoms with Gasteiger partial charge in [-0.05, 0) is 49.1 Å². The second-order valence-electron chi connectivity index (χ2n) is 8.80. The van der Waals surface area contributed by atoms with Crippen molar-refractivity contribution in [2.45, 2.75) is 38.1 Å². The first-order chi connectivity index (χ1) is 15.6. The molecule has 1 fully saturated rings. The lowest BCUT2D eigenvalue weighted by Gasteiger charge is -2.27. The quantitative estimate of drug-likeness (QED) is 0.380. The molecule has 6 rings (SSSR count). The zero-order valence-electron chi connectivity index (χ0n) is 18.6. The summed E-state index contributed by atoms with van der Waals surface area (Å²) in [5, 5.41) is 4.26. The molecule has 2 aliphatic rings. The number of pyridine rings is 1. The predicted octanol–water partition coefficient (Wildman–Crippen LogP) is 6.23. The van der Waals surface area contributed by atoms with E-state index in [0.717, 1.165) is 17.4 Å². The summed E-state index contributed by atoms with van der Waals surface area (Å²) in [5.74, 6) is 0. The summed E-state index contributed by atoms with van der Waals surface area (Å²) >= 11 is 1.89. The summed E-state index contributed by atoms with van der Waals surface area (Å²) in [6, 6.07) is 23.9. The zero-order valence-corrected chi connectivity index (χ0v) is 19.4. The fourth-order valence-corrected chi connectivity index (χ4v) is 6.41. The van der Waals surface area contributed by atoms with Crippen LogP contribution in [0.25, 0.3) is 16.5 Å². The van der Waals surface area contributed by atoms with Crippen molar-refractivity contribution < 1.29 is 0 Å². The maximum atomic E-state index is 5.17. The molecule has 0 aliphatic carbocycles. The van der Waals surface area contributed by atoms with Gasteiger partial charge in [0.2, 0.25) is 0 Å². The van der Waals surface area contributed by atoms with Crippen molar-refractivity contribution in [3.05, 3.63) is 95.6 Å². The average Bonchev–Trinajstić information content (AvgIpc) is 3.43. The van der Waals surface area contributed by atoms with Gasteiger partial charge in [-0.15, -0.1) is 0 Å². The number of nitrogens with zero attached hydrogens (tertiary/aromatic N) is 4. The molecule has 4 nitrogen and oxygen atoms in total. The number of aliphatic imine (C=N–C) groups is 1. The lowest BCUT2D eigenvalue weighted by atomic mass is 9.96. The largest absolute Gasteiger partial charge is 0.341 e. The Hall–Kier alpha value is -3.05. The van der Waals surface area contributed by atoms with Crippen LogP contribution in [0.2, 0.25) is 0 Å². The van der Waals surface area contributed by atoms with E-state index in [2.05, 4.69) is 90.9 Å². The van der Waals surface area contributed by atoms with E-state index in [1.165, 1.54) is 33.4 Å². The van der Waals surface area contributed by atoms with Crippen LogP contribution in [0.1, 0.15) is 41.7 Å². The van der Waals surface area contributed by atoms with E-state index in [1.807, 2.05) is 24.0 Å². The molecule has 0 bridgehead atoms. The molecule has 1 saturated heterocycles. The van der Waals surface area contributed by atoms with Gasteiger partial charge in [0.15, 0.2) is 5.17 Å². The molecule has 4 heterocycles. The highest BCUT2D eigenvalue weighted by Gasteiger charge is 2.44. The van der Waals surface area contributed by atoms with E-state index in [4.69, 9.17) is 9.98 Å². The molecule has 0 radical (unpaired) electrons. The number of amidine groups is 1. The third-order valence-electron chi connectivity index (χ3n) is 6.68. The van der Waals surface area contributed by atoms with Gasteiger partial charge in [0.05, 0.1) is 17.4 Å². The molecule has 4 aromatic rings. The third-order valence-corrected chi connectivity index (χ3v) is 7.78. The van der Waals surface area contributed by atoms with E-state index >= 15 is 0 Å². The van der Waals surface area contributed by atoms with Crippen LogP contribution in [0.15, 0.2) is 77.9 Å². The first-order valence-corrected chi connectivity index (χ1v) is 12.1. The number of thioether (sulfide) groups is 1. The molecular formula is C27H26N4S. The smallest absolute Gasteiger partial charge is 0.160 e. The number of fused-ring (bicyclic) bond motifs is 2. The number of benzene rings is 2. The van der Waals surface area contributed by atoms with Gasteiger partial charge < -0.3 is 9.47 Å². The SMILES string of the molecule is Cc1cc([C@@H]2[C@H](c3ccccn3)N=C3S[C@H](C)CN32)c(C)n1-c1cccc2ccccc12. The van der Waals surface area contributed by atoms with Crippen molar-refractivity contribution in [3.63, 3.8) is 0 Å². The van der Waals surface area contributed by atoms with Gasteiger partial charge >= 0.3 is 0 Å². The highest BCUT2D eigenvalue weighted by Crippen LogP contribution is 2.49. The van der Waals surface area contributed by atoms with Crippen LogP contribution in [-0.4, -0.2) is 31.4 Å². The first-order valence-electron chi connectivity index (χ1n) is 11.2. The summed E-state index contributed by atoms with van der Waals surface area (Å²) in [6.07, 6.45) is 1.88. The van der Waals surface area contributed by atoms with Crippen molar-refractivity contribution in [2.24, 2.45) is 4.99 Å². The molecular weight excluding hydrogens is 412 g/mol. The van der Waals surface area contributed by atoms with E-state index in [1.54, 1.807) is 0 Å². The van der Waals surface area contributed by atoms with Crippen LogP contribution in [0.4, 0.5) is 0 Å². The third kappa shape index (κ3) is 2.99. The van der Waals surface area contributed by atoms with E-state index in [-0.39, 0.29) is 12.1 Å². The Morgan fingerprint density at radius 2 is 1.78 bits per heavy atom. The number of aryl methyl sites for hydroxylation is 1. The molecule has 0 unspecified atom stereocenters. The molecule has 2 aliphatic heterocycles. The van der Waals surface area contributed by atoms with Crippen LogP contribution < -0.4 is 0 Å². The topological polar surface area (TPSA) is 33.4 Å². The number of hydrogen-bond donors (Lipinski definition) is 0. The van der Waals surface area contributed by atoms with Crippen molar-refractivity contribution in [2.75, 3.05) is 6.54 Å². The number of rotatable bonds is 3. The minimum Gasteiger partial charge on any atom is -0.341 e. The molecule has 5 heteroatoms. The molecule has 0 N–H and O–H groups in total. The van der Waals surface area contributed by atoms with Crippen LogP contribution in [0, 0.1) is 13.8 Å². The van der Waals surface area contributed by atoms with Crippen molar-refractivity contribution >= 4 is 27.7 Å². The molecule has 3 atom stereocenters. The van der Waals surface area contributed by atoms with Gasteiger partial charge in [0.1, 0.15) is 6.04 Å². The minimum absolute atomic E-state index is 0.0210. The molecule has 0 saturated carbocycles. The Bertz CT molecular complexity index is 1340. The first kappa shape index (κ1) is 19.6. The maximum Gasteiger partial charge on any atom is 0.160 e. The second-order valence-corrected chi connectivity index (χ2v) is 10.2. The van der Waals surface area contributed by atoms with Crippen LogP contribution in [0.5, 0.6) is 0 Å². The summed E-state index contributed by atoms with van der Waals surface area (Å²) in [7, 11) is 0. The van der Waals surface area contributed by atoms with Gasteiger partial charge in [-0.2, -0.15) is 0 Å². The fourth-order valence-electron chi connectivity index (χ4n) is 5.31. The second kappa shape index (κ2) is 7.52. The summed E-state index contributed by atoms with van der Waals surface area (Å²) < 4.78 is 2.41. The number of aromatic nitrogens is 2. The summed E-state index contributed by atoms with van der Waals surface area (Å²) in [5.41, 5.74) is 6.16.